The monoisotopic (exact) mass is 502 g/mol. The molecule has 1 heterocycles. The Labute approximate surface area is 193 Å². The third kappa shape index (κ3) is 4.89. The van der Waals surface area contributed by atoms with Crippen molar-refractivity contribution in [2.75, 3.05) is 26.2 Å². The highest BCUT2D eigenvalue weighted by molar-refractivity contribution is 9.10. The molecule has 0 spiro atoms. The molecule has 3 aromatic rings. The van der Waals surface area contributed by atoms with Gasteiger partial charge in [0.1, 0.15) is 0 Å². The Kier molecular flexibility index (Phi) is 6.67. The second kappa shape index (κ2) is 9.46. The molecule has 3 nitrogen and oxygen atoms in total. The van der Waals surface area contributed by atoms with E-state index >= 15 is 0 Å². The summed E-state index contributed by atoms with van der Waals surface area (Å²) >= 11 is 3.47. The Morgan fingerprint density at radius 3 is 1.97 bits per heavy atom. The number of hydrogen-bond acceptors (Lipinski definition) is 2. The van der Waals surface area contributed by atoms with Crippen LogP contribution in [0.2, 0.25) is 0 Å². The van der Waals surface area contributed by atoms with Crippen molar-refractivity contribution in [3.63, 3.8) is 0 Å². The molecule has 1 saturated heterocycles. The molecule has 1 aliphatic heterocycles. The Bertz CT molecular complexity index is 1060. The number of rotatable bonds is 4. The summed E-state index contributed by atoms with van der Waals surface area (Å²) in [5.74, 6) is -0.572. The molecule has 1 atom stereocenters. The predicted molar refractivity (Wildman–Crippen MR) is 121 cm³/mol. The normalized spacial score (nSPS) is 16.1. The topological polar surface area (TPSA) is 23.6 Å². The minimum Gasteiger partial charge on any atom is -0.336 e. The highest BCUT2D eigenvalue weighted by Gasteiger charge is 2.37. The number of benzene rings is 3. The van der Waals surface area contributed by atoms with E-state index in [1.54, 1.807) is 0 Å². The fourth-order valence-corrected chi connectivity index (χ4v) is 4.43. The van der Waals surface area contributed by atoms with Gasteiger partial charge in [0.05, 0.1) is 17.2 Å². The van der Waals surface area contributed by atoms with Gasteiger partial charge in [-0.25, -0.2) is 0 Å². The van der Waals surface area contributed by atoms with Crippen molar-refractivity contribution >= 4 is 21.8 Å². The largest absolute Gasteiger partial charge is 0.417 e. The summed E-state index contributed by atoms with van der Waals surface area (Å²) < 4.78 is 41.1. The molecule has 0 aromatic heterocycles. The van der Waals surface area contributed by atoms with Crippen LogP contribution in [-0.4, -0.2) is 41.9 Å². The van der Waals surface area contributed by atoms with Crippen molar-refractivity contribution in [1.29, 1.82) is 0 Å². The van der Waals surface area contributed by atoms with Crippen molar-refractivity contribution < 1.29 is 18.0 Å². The molecule has 4 rings (SSSR count). The lowest BCUT2D eigenvalue weighted by Crippen LogP contribution is -2.50. The Hall–Kier alpha value is -2.64. The van der Waals surface area contributed by atoms with Crippen LogP contribution in [0.4, 0.5) is 13.2 Å². The second-order valence-corrected chi connectivity index (χ2v) is 8.65. The molecular formula is C25H22BrF3N2O. The third-order valence-electron chi connectivity index (χ3n) is 5.73. The summed E-state index contributed by atoms with van der Waals surface area (Å²) in [4.78, 5) is 16.7. The number of carbonyl (C=O) groups excluding carboxylic acids is 1. The summed E-state index contributed by atoms with van der Waals surface area (Å²) in [7, 11) is 0. The Morgan fingerprint density at radius 2 is 1.34 bits per heavy atom. The molecule has 0 N–H and O–H groups in total. The van der Waals surface area contributed by atoms with Crippen LogP contribution in [0.3, 0.4) is 0 Å². The number of amides is 1. The number of nitrogens with zero attached hydrogens (tertiary/aromatic N) is 2. The van der Waals surface area contributed by atoms with Crippen molar-refractivity contribution in [1.82, 2.24) is 9.80 Å². The number of alkyl halides is 3. The van der Waals surface area contributed by atoms with Gasteiger partial charge in [-0.1, -0.05) is 70.5 Å². The van der Waals surface area contributed by atoms with Crippen LogP contribution in [0.25, 0.3) is 0 Å². The zero-order valence-corrected chi connectivity index (χ0v) is 18.8. The van der Waals surface area contributed by atoms with Crippen molar-refractivity contribution in [2.45, 2.75) is 12.2 Å². The van der Waals surface area contributed by atoms with Crippen LogP contribution >= 0.6 is 15.9 Å². The van der Waals surface area contributed by atoms with Gasteiger partial charge >= 0.3 is 6.18 Å². The standard InChI is InChI=1S/C25H22BrF3N2O/c26-20-12-10-19(11-13-20)23(18-6-2-1-3-7-18)30-14-16-31(17-15-30)24(32)21-8-4-5-9-22(21)25(27,28)29/h1-13,23H,14-17H2. The maximum atomic E-state index is 13.4. The van der Waals surface area contributed by atoms with E-state index in [0.717, 1.165) is 21.7 Å². The van der Waals surface area contributed by atoms with E-state index in [1.807, 2.05) is 30.3 Å². The first kappa shape index (κ1) is 22.6. The number of halogens is 4. The van der Waals surface area contributed by atoms with Crippen LogP contribution in [0.1, 0.15) is 33.1 Å². The van der Waals surface area contributed by atoms with Crippen LogP contribution in [0.15, 0.2) is 83.3 Å². The lowest BCUT2D eigenvalue weighted by atomic mass is 9.96. The zero-order valence-electron chi connectivity index (χ0n) is 17.2. The van der Waals surface area contributed by atoms with Gasteiger partial charge in [0.15, 0.2) is 0 Å². The van der Waals surface area contributed by atoms with Gasteiger partial charge in [0.2, 0.25) is 0 Å². The maximum Gasteiger partial charge on any atom is 0.417 e. The van der Waals surface area contributed by atoms with Crippen molar-refractivity contribution in [3.8, 4) is 0 Å². The summed E-state index contributed by atoms with van der Waals surface area (Å²) in [5.41, 5.74) is 1.09. The van der Waals surface area contributed by atoms with E-state index in [-0.39, 0.29) is 11.6 Å². The molecule has 32 heavy (non-hydrogen) atoms. The molecule has 1 fully saturated rings. The predicted octanol–water partition coefficient (Wildman–Crippen LogP) is 6.02. The lowest BCUT2D eigenvalue weighted by Gasteiger charge is -2.40. The highest BCUT2D eigenvalue weighted by Crippen LogP contribution is 2.34. The van der Waals surface area contributed by atoms with Gasteiger partial charge in [-0.3, -0.25) is 9.69 Å². The highest BCUT2D eigenvalue weighted by atomic mass is 79.9. The number of hydrogen-bond donors (Lipinski definition) is 0. The molecular weight excluding hydrogens is 481 g/mol. The average Bonchev–Trinajstić information content (AvgIpc) is 2.81. The number of carbonyl (C=O) groups is 1. The van der Waals surface area contributed by atoms with Crippen LogP contribution < -0.4 is 0 Å². The molecule has 3 aromatic carbocycles. The fraction of sp³-hybridized carbons (Fsp3) is 0.240. The maximum absolute atomic E-state index is 13.4. The van der Waals surface area contributed by atoms with Gasteiger partial charge in [-0.05, 0) is 35.4 Å². The van der Waals surface area contributed by atoms with Gasteiger partial charge < -0.3 is 4.90 Å². The van der Waals surface area contributed by atoms with Gasteiger partial charge in [-0.15, -0.1) is 0 Å². The molecule has 166 valence electrons. The van der Waals surface area contributed by atoms with E-state index in [2.05, 4.69) is 45.1 Å². The van der Waals surface area contributed by atoms with Crippen molar-refractivity contribution in [3.05, 3.63) is 106 Å². The summed E-state index contributed by atoms with van der Waals surface area (Å²) in [6.45, 7) is 1.86. The van der Waals surface area contributed by atoms with Gasteiger partial charge in [0, 0.05) is 30.7 Å². The summed E-state index contributed by atoms with van der Waals surface area (Å²) in [6, 6.07) is 23.2. The van der Waals surface area contributed by atoms with E-state index in [0.29, 0.717) is 26.2 Å². The molecule has 0 aliphatic carbocycles. The van der Waals surface area contributed by atoms with Crippen LogP contribution in [0.5, 0.6) is 0 Å². The molecule has 0 saturated carbocycles. The second-order valence-electron chi connectivity index (χ2n) is 7.74. The molecule has 1 unspecified atom stereocenters. The van der Waals surface area contributed by atoms with Gasteiger partial charge in [-0.2, -0.15) is 13.2 Å². The minimum absolute atomic E-state index is 0.00372. The van der Waals surface area contributed by atoms with E-state index < -0.39 is 17.6 Å². The summed E-state index contributed by atoms with van der Waals surface area (Å²) in [6.07, 6.45) is -4.56. The Balaban J connectivity index is 1.54. The van der Waals surface area contributed by atoms with E-state index in [1.165, 1.54) is 23.1 Å². The van der Waals surface area contributed by atoms with E-state index in [9.17, 15) is 18.0 Å². The first-order valence-corrected chi connectivity index (χ1v) is 11.1. The molecule has 0 radical (unpaired) electrons. The quantitative estimate of drug-likeness (QED) is 0.435. The summed E-state index contributed by atoms with van der Waals surface area (Å²) in [5, 5.41) is 0. The van der Waals surface area contributed by atoms with Crippen LogP contribution in [0, 0.1) is 0 Å². The van der Waals surface area contributed by atoms with Crippen LogP contribution in [-0.2, 0) is 6.18 Å². The minimum atomic E-state index is -4.56. The first-order chi connectivity index (χ1) is 15.3. The molecule has 7 heteroatoms. The van der Waals surface area contributed by atoms with Crippen molar-refractivity contribution in [2.24, 2.45) is 0 Å². The fourth-order valence-electron chi connectivity index (χ4n) is 4.16. The molecule has 1 amide bonds. The molecule has 1 aliphatic rings. The van der Waals surface area contributed by atoms with E-state index in [4.69, 9.17) is 0 Å². The van der Waals surface area contributed by atoms with Gasteiger partial charge in [0.25, 0.3) is 5.91 Å². The smallest absolute Gasteiger partial charge is 0.336 e. The molecule has 0 bridgehead atoms. The lowest BCUT2D eigenvalue weighted by molar-refractivity contribution is -0.138. The Morgan fingerprint density at radius 1 is 0.781 bits per heavy atom. The third-order valence-corrected chi connectivity index (χ3v) is 6.26. The number of piperazine rings is 1. The zero-order chi connectivity index (χ0) is 22.7. The average molecular weight is 503 g/mol. The SMILES string of the molecule is O=C(c1ccccc1C(F)(F)F)N1CCN(C(c2ccccc2)c2ccc(Br)cc2)CC1. The first-order valence-electron chi connectivity index (χ1n) is 10.3.